The minimum absolute atomic E-state index is 0.163. The number of halogens is 2. The molecule has 0 aliphatic carbocycles. The molecule has 0 aliphatic rings. The van der Waals surface area contributed by atoms with Crippen molar-refractivity contribution in [1.29, 1.82) is 0 Å². The van der Waals surface area contributed by atoms with Gasteiger partial charge < -0.3 is 16.8 Å². The van der Waals surface area contributed by atoms with E-state index in [0.29, 0.717) is 29.4 Å². The van der Waals surface area contributed by atoms with Crippen LogP contribution < -0.4 is 16.8 Å². The fourth-order valence-electron chi connectivity index (χ4n) is 2.10. The molecule has 116 valence electrons. The lowest BCUT2D eigenvalue weighted by Gasteiger charge is -2.16. The lowest BCUT2D eigenvalue weighted by atomic mass is 9.99. The molecule has 0 heterocycles. The molecule has 0 aliphatic heterocycles. The highest BCUT2D eigenvalue weighted by atomic mass is 35.5. The Labute approximate surface area is 133 Å². The third-order valence-electron chi connectivity index (χ3n) is 3.37. The Morgan fingerprint density at radius 3 is 2.68 bits per heavy atom. The topological polar surface area (TPSA) is 81.1 Å². The van der Waals surface area contributed by atoms with Gasteiger partial charge in [-0.15, -0.1) is 0 Å². The van der Waals surface area contributed by atoms with Crippen molar-refractivity contribution in [3.8, 4) is 0 Å². The van der Waals surface area contributed by atoms with Crippen molar-refractivity contribution < 1.29 is 9.18 Å². The number of amides is 1. The van der Waals surface area contributed by atoms with Gasteiger partial charge >= 0.3 is 0 Å². The summed E-state index contributed by atoms with van der Waals surface area (Å²) in [4.78, 5) is 12.1. The highest BCUT2D eigenvalue weighted by molar-refractivity contribution is 6.33. The third kappa shape index (κ3) is 3.96. The fourth-order valence-corrected chi connectivity index (χ4v) is 2.22. The molecule has 0 saturated heterocycles. The number of benzene rings is 2. The van der Waals surface area contributed by atoms with Gasteiger partial charge in [-0.2, -0.15) is 0 Å². The van der Waals surface area contributed by atoms with E-state index in [2.05, 4.69) is 5.32 Å². The van der Waals surface area contributed by atoms with Gasteiger partial charge in [-0.25, -0.2) is 4.39 Å². The second kappa shape index (κ2) is 7.24. The van der Waals surface area contributed by atoms with E-state index in [-0.39, 0.29) is 17.6 Å². The van der Waals surface area contributed by atoms with Gasteiger partial charge in [0.2, 0.25) is 0 Å². The average Bonchev–Trinajstić information content (AvgIpc) is 2.50. The van der Waals surface area contributed by atoms with Crippen LogP contribution in [0.2, 0.25) is 5.02 Å². The van der Waals surface area contributed by atoms with Crippen LogP contribution in [0.4, 0.5) is 10.1 Å². The highest BCUT2D eigenvalue weighted by Gasteiger charge is 2.13. The molecule has 1 unspecified atom stereocenters. The summed E-state index contributed by atoms with van der Waals surface area (Å²) in [6.45, 7) is 0.605. The first-order valence-corrected chi connectivity index (χ1v) is 7.18. The summed E-state index contributed by atoms with van der Waals surface area (Å²) in [5.74, 6) is -0.768. The van der Waals surface area contributed by atoms with Gasteiger partial charge in [-0.1, -0.05) is 23.7 Å². The van der Waals surface area contributed by atoms with Crippen LogP contribution >= 0.6 is 11.6 Å². The number of carbonyl (C=O) groups excluding carboxylic acids is 1. The molecule has 0 spiro atoms. The van der Waals surface area contributed by atoms with Crippen molar-refractivity contribution >= 4 is 23.2 Å². The van der Waals surface area contributed by atoms with Crippen LogP contribution in [0.15, 0.2) is 42.5 Å². The minimum Gasteiger partial charge on any atom is -0.398 e. The lowest BCUT2D eigenvalue weighted by Crippen LogP contribution is -2.31. The molecule has 5 N–H and O–H groups in total. The predicted molar refractivity (Wildman–Crippen MR) is 86.4 cm³/mol. The van der Waals surface area contributed by atoms with E-state index in [9.17, 15) is 9.18 Å². The quantitative estimate of drug-likeness (QED) is 0.740. The summed E-state index contributed by atoms with van der Waals surface area (Å²) in [5.41, 5.74) is 12.9. The highest BCUT2D eigenvalue weighted by Crippen LogP contribution is 2.20. The van der Waals surface area contributed by atoms with Crippen molar-refractivity contribution in [2.45, 2.75) is 5.92 Å². The monoisotopic (exact) mass is 321 g/mol. The Morgan fingerprint density at radius 1 is 1.27 bits per heavy atom. The number of hydrogen-bond donors (Lipinski definition) is 3. The maximum Gasteiger partial charge on any atom is 0.251 e. The number of nitrogen functional groups attached to an aromatic ring is 1. The zero-order valence-corrected chi connectivity index (χ0v) is 12.6. The SMILES string of the molecule is NCC(CNC(=O)c1ccc(Cl)c(N)c1)c1cccc(F)c1. The summed E-state index contributed by atoms with van der Waals surface area (Å²) in [6, 6.07) is 10.9. The molecule has 0 fully saturated rings. The number of hydrogen-bond acceptors (Lipinski definition) is 3. The molecule has 0 aromatic heterocycles. The minimum atomic E-state index is -0.326. The van der Waals surface area contributed by atoms with Gasteiger partial charge in [0.15, 0.2) is 0 Å². The van der Waals surface area contributed by atoms with Crippen LogP contribution in [0.1, 0.15) is 21.8 Å². The number of carbonyl (C=O) groups is 1. The molecule has 0 radical (unpaired) electrons. The van der Waals surface area contributed by atoms with Gasteiger partial charge in [0.1, 0.15) is 5.82 Å². The van der Waals surface area contributed by atoms with Crippen molar-refractivity contribution in [3.63, 3.8) is 0 Å². The van der Waals surface area contributed by atoms with E-state index in [0.717, 1.165) is 5.56 Å². The molecule has 6 heteroatoms. The Bertz CT molecular complexity index is 678. The summed E-state index contributed by atoms with van der Waals surface area (Å²) in [6.07, 6.45) is 0. The molecule has 2 aromatic carbocycles. The molecule has 4 nitrogen and oxygen atoms in total. The summed E-state index contributed by atoms with van der Waals surface area (Å²) < 4.78 is 13.3. The van der Waals surface area contributed by atoms with Crippen molar-refractivity contribution in [2.75, 3.05) is 18.8 Å². The zero-order valence-electron chi connectivity index (χ0n) is 11.9. The van der Waals surface area contributed by atoms with Gasteiger partial charge in [-0.05, 0) is 35.9 Å². The van der Waals surface area contributed by atoms with Crippen molar-refractivity contribution in [1.82, 2.24) is 5.32 Å². The van der Waals surface area contributed by atoms with E-state index >= 15 is 0 Å². The molecule has 0 saturated carbocycles. The molecule has 0 bridgehead atoms. The van der Waals surface area contributed by atoms with E-state index < -0.39 is 0 Å². The summed E-state index contributed by atoms with van der Waals surface area (Å²) in [5, 5.41) is 3.17. The van der Waals surface area contributed by atoms with Crippen molar-refractivity contribution in [2.24, 2.45) is 5.73 Å². The van der Waals surface area contributed by atoms with E-state index in [4.69, 9.17) is 23.1 Å². The predicted octanol–water partition coefficient (Wildman–Crippen LogP) is 2.53. The van der Waals surface area contributed by atoms with E-state index in [1.54, 1.807) is 24.3 Å². The normalized spacial score (nSPS) is 12.0. The number of anilines is 1. The first-order chi connectivity index (χ1) is 10.5. The molecule has 2 aromatic rings. The summed E-state index contributed by atoms with van der Waals surface area (Å²) in [7, 11) is 0. The molecule has 22 heavy (non-hydrogen) atoms. The van der Waals surface area contributed by atoms with Gasteiger partial charge in [0.05, 0.1) is 10.7 Å². The average molecular weight is 322 g/mol. The Hall–Kier alpha value is -2.11. The number of nitrogens with one attached hydrogen (secondary N) is 1. The number of nitrogens with two attached hydrogens (primary N) is 2. The van der Waals surface area contributed by atoms with Gasteiger partial charge in [0, 0.05) is 24.6 Å². The second-order valence-electron chi connectivity index (χ2n) is 4.93. The van der Waals surface area contributed by atoms with E-state index in [1.807, 2.05) is 0 Å². The molecule has 1 amide bonds. The summed E-state index contributed by atoms with van der Waals surface area (Å²) >= 11 is 5.82. The molecular weight excluding hydrogens is 305 g/mol. The lowest BCUT2D eigenvalue weighted by molar-refractivity contribution is 0.0951. The fraction of sp³-hybridized carbons (Fsp3) is 0.188. The van der Waals surface area contributed by atoms with Crippen LogP contribution in [0.3, 0.4) is 0 Å². The standard InChI is InChI=1S/C16H17ClFN3O/c17-14-5-4-11(7-15(14)20)16(22)21-9-12(8-19)10-2-1-3-13(18)6-10/h1-7,12H,8-9,19-20H2,(H,21,22). The zero-order chi connectivity index (χ0) is 16.1. The molecule has 1 atom stereocenters. The van der Waals surface area contributed by atoms with Crippen molar-refractivity contribution in [3.05, 3.63) is 64.4 Å². The Morgan fingerprint density at radius 2 is 2.05 bits per heavy atom. The molecular formula is C16H17ClFN3O. The van der Waals surface area contributed by atoms with Crippen LogP contribution in [0.25, 0.3) is 0 Å². The maximum atomic E-state index is 13.3. The second-order valence-corrected chi connectivity index (χ2v) is 5.34. The van der Waals surface area contributed by atoms with Gasteiger partial charge in [0.25, 0.3) is 5.91 Å². The Balaban J connectivity index is 2.03. The Kier molecular flexibility index (Phi) is 5.35. The first-order valence-electron chi connectivity index (χ1n) is 6.80. The first kappa shape index (κ1) is 16.3. The third-order valence-corrected chi connectivity index (χ3v) is 3.72. The molecule has 2 rings (SSSR count). The van der Waals surface area contributed by atoms with Crippen LogP contribution in [0.5, 0.6) is 0 Å². The maximum absolute atomic E-state index is 13.3. The van der Waals surface area contributed by atoms with Crippen LogP contribution in [-0.2, 0) is 0 Å². The van der Waals surface area contributed by atoms with Gasteiger partial charge in [-0.3, -0.25) is 4.79 Å². The van der Waals surface area contributed by atoms with Crippen LogP contribution in [0, 0.1) is 5.82 Å². The smallest absolute Gasteiger partial charge is 0.251 e. The number of rotatable bonds is 5. The largest absolute Gasteiger partial charge is 0.398 e. The van der Waals surface area contributed by atoms with Crippen LogP contribution in [-0.4, -0.2) is 19.0 Å². The van der Waals surface area contributed by atoms with E-state index in [1.165, 1.54) is 18.2 Å².